The van der Waals surface area contributed by atoms with E-state index in [1.165, 1.54) is 18.2 Å². The Morgan fingerprint density at radius 1 is 1.43 bits per heavy atom. The lowest BCUT2D eigenvalue weighted by Crippen LogP contribution is -2.46. The molecule has 8 heteroatoms. The molecule has 30 heavy (non-hydrogen) atoms. The summed E-state index contributed by atoms with van der Waals surface area (Å²) in [7, 11) is 1.83. The van der Waals surface area contributed by atoms with Gasteiger partial charge in [0.2, 0.25) is 0 Å². The predicted octanol–water partition coefficient (Wildman–Crippen LogP) is 4.88. The molecular weight excluding hydrogens is 419 g/mol. The second kappa shape index (κ2) is 17.5. The molecule has 1 rings (SSSR count). The van der Waals surface area contributed by atoms with Crippen LogP contribution in [-0.4, -0.2) is 37.3 Å². The summed E-state index contributed by atoms with van der Waals surface area (Å²) in [6, 6.07) is 0. The van der Waals surface area contributed by atoms with Crippen molar-refractivity contribution in [2.75, 3.05) is 20.1 Å². The van der Waals surface area contributed by atoms with Gasteiger partial charge in [0.1, 0.15) is 6.17 Å². The van der Waals surface area contributed by atoms with Gasteiger partial charge in [-0.1, -0.05) is 50.4 Å². The summed E-state index contributed by atoms with van der Waals surface area (Å²) in [4.78, 5) is 13.6. The number of carbonyl (C=O) groups excluding carboxylic acids is 1. The van der Waals surface area contributed by atoms with E-state index in [0.29, 0.717) is 23.7 Å². The van der Waals surface area contributed by atoms with Crippen molar-refractivity contribution in [3.8, 4) is 0 Å². The van der Waals surface area contributed by atoms with Gasteiger partial charge in [0.05, 0.1) is 4.91 Å². The van der Waals surface area contributed by atoms with Crippen molar-refractivity contribution in [3.63, 3.8) is 0 Å². The van der Waals surface area contributed by atoms with Crippen LogP contribution in [0.15, 0.2) is 45.7 Å². The summed E-state index contributed by atoms with van der Waals surface area (Å²) in [5, 5.41) is 8.06. The Morgan fingerprint density at radius 3 is 2.67 bits per heavy atom. The maximum atomic E-state index is 14.2. The maximum absolute atomic E-state index is 14.2. The van der Waals surface area contributed by atoms with Crippen LogP contribution in [0.5, 0.6) is 0 Å². The van der Waals surface area contributed by atoms with E-state index in [0.717, 1.165) is 35.1 Å². The van der Waals surface area contributed by atoms with Crippen molar-refractivity contribution < 1.29 is 9.28 Å². The van der Waals surface area contributed by atoms with Gasteiger partial charge in [-0.15, -0.1) is 22.2 Å². The highest BCUT2D eigenvalue weighted by molar-refractivity contribution is 8.06. The van der Waals surface area contributed by atoms with Gasteiger partial charge in [0.15, 0.2) is 0 Å². The number of nitrogens with two attached hydrogens (primary N) is 1. The number of nitrogens with zero attached hydrogens (tertiary/aromatic N) is 1. The van der Waals surface area contributed by atoms with E-state index in [2.05, 4.69) is 35.9 Å². The molecule has 4 N–H and O–H groups in total. The first-order valence-corrected chi connectivity index (χ1v) is 11.8. The van der Waals surface area contributed by atoms with Crippen molar-refractivity contribution >= 4 is 30.3 Å². The van der Waals surface area contributed by atoms with E-state index in [1.807, 2.05) is 27.0 Å². The lowest BCUT2D eigenvalue weighted by atomic mass is 10.1. The summed E-state index contributed by atoms with van der Waals surface area (Å²) in [6.07, 6.45) is 9.86. The monoisotopic (exact) mass is 458 g/mol. The Labute approximate surface area is 191 Å². The van der Waals surface area contributed by atoms with Gasteiger partial charge in [0.25, 0.3) is 5.91 Å². The van der Waals surface area contributed by atoms with Crippen molar-refractivity contribution in [2.24, 2.45) is 11.7 Å². The van der Waals surface area contributed by atoms with Crippen LogP contribution in [0.1, 0.15) is 52.9 Å². The Balaban J connectivity index is 0.000000769. The molecule has 0 radical (unpaired) electrons. The van der Waals surface area contributed by atoms with E-state index >= 15 is 0 Å². The van der Waals surface area contributed by atoms with Crippen LogP contribution in [0.25, 0.3) is 0 Å². The lowest BCUT2D eigenvalue weighted by Gasteiger charge is -2.26. The van der Waals surface area contributed by atoms with Gasteiger partial charge in [-0.25, -0.2) is 0 Å². The molecule has 0 heterocycles. The van der Waals surface area contributed by atoms with Crippen LogP contribution in [0.4, 0.5) is 4.48 Å². The number of halogens is 1. The minimum Gasteiger partial charge on any atom is -0.398 e. The van der Waals surface area contributed by atoms with Crippen molar-refractivity contribution in [2.45, 2.75) is 59.0 Å². The lowest BCUT2D eigenvalue weighted by molar-refractivity contribution is -0.123. The molecule has 0 aromatic rings. The van der Waals surface area contributed by atoms with E-state index in [-0.39, 0.29) is 12.5 Å². The van der Waals surface area contributed by atoms with Crippen LogP contribution in [0.3, 0.4) is 0 Å². The van der Waals surface area contributed by atoms with Gasteiger partial charge in [0, 0.05) is 17.1 Å². The fourth-order valence-corrected chi connectivity index (χ4v) is 3.36. The van der Waals surface area contributed by atoms with E-state index in [9.17, 15) is 9.28 Å². The summed E-state index contributed by atoms with van der Waals surface area (Å²) in [5.41, 5.74) is 6.42. The first kappa shape index (κ1) is 28.8. The molecule has 0 aliphatic heterocycles. The smallest absolute Gasteiger partial charge is 0.258 e. The Kier molecular flexibility index (Phi) is 16.7. The molecule has 0 saturated carbocycles. The Morgan fingerprint density at radius 2 is 2.10 bits per heavy atom. The zero-order valence-electron chi connectivity index (χ0n) is 18.8. The van der Waals surface area contributed by atoms with Gasteiger partial charge in [-0.2, -0.15) is 0 Å². The predicted molar refractivity (Wildman–Crippen MR) is 132 cm³/mol. The fraction of sp³-hybridized carbons (Fsp3) is 0.591. The third kappa shape index (κ3) is 13.2. The quantitative estimate of drug-likeness (QED) is 0.117. The minimum atomic E-state index is -0.602. The molecule has 1 unspecified atom stereocenters. The van der Waals surface area contributed by atoms with Crippen LogP contribution < -0.4 is 16.4 Å². The highest BCUT2D eigenvalue weighted by Gasteiger charge is 2.22. The number of carbonyl (C=O) groups is 1. The summed E-state index contributed by atoms with van der Waals surface area (Å²) in [6.45, 7) is 10.4. The van der Waals surface area contributed by atoms with Crippen LogP contribution in [-0.2, 0) is 4.79 Å². The second-order valence-electron chi connectivity index (χ2n) is 7.32. The highest BCUT2D eigenvalue weighted by Crippen LogP contribution is 2.18. The number of hydrogen-bond donors (Lipinski definition) is 4. The Hall–Kier alpha value is -1.22. The summed E-state index contributed by atoms with van der Waals surface area (Å²) >= 11 is 5.43. The van der Waals surface area contributed by atoms with Gasteiger partial charge < -0.3 is 16.4 Å². The zero-order valence-corrected chi connectivity index (χ0v) is 20.5. The zero-order chi connectivity index (χ0) is 22.9. The first-order chi connectivity index (χ1) is 14.3. The van der Waals surface area contributed by atoms with E-state index in [4.69, 9.17) is 5.73 Å². The topological polar surface area (TPSA) is 70.4 Å². The first-order valence-electron chi connectivity index (χ1n) is 10.4. The number of thiol groups is 1. The Bertz CT molecular complexity index is 588. The molecule has 172 valence electrons. The average molecular weight is 459 g/mol. The molecule has 1 atom stereocenters. The van der Waals surface area contributed by atoms with Gasteiger partial charge in [-0.3, -0.25) is 4.79 Å². The molecule has 5 nitrogen and oxygen atoms in total. The van der Waals surface area contributed by atoms with Crippen molar-refractivity contribution in [1.82, 2.24) is 15.8 Å². The number of thioether (sulfide) groups is 1. The third-order valence-electron chi connectivity index (χ3n) is 4.23. The van der Waals surface area contributed by atoms with Crippen LogP contribution in [0, 0.1) is 5.92 Å². The maximum Gasteiger partial charge on any atom is 0.258 e. The highest BCUT2D eigenvalue weighted by atomic mass is 32.2. The molecule has 0 aromatic heterocycles. The SMILES string of the molecule is C=CS/C(=C\C)C(=O)NC(CC(C)C)N(F)CCCNC.NC1=CCCCC=C1S. The molecule has 0 spiro atoms. The van der Waals surface area contributed by atoms with E-state index in [1.54, 1.807) is 18.4 Å². The molecule has 0 bridgehead atoms. The largest absolute Gasteiger partial charge is 0.398 e. The third-order valence-corrected chi connectivity index (χ3v) is 5.51. The van der Waals surface area contributed by atoms with Crippen molar-refractivity contribution in [3.05, 3.63) is 45.7 Å². The fourth-order valence-electron chi connectivity index (χ4n) is 2.65. The molecule has 1 aliphatic carbocycles. The van der Waals surface area contributed by atoms with Crippen LogP contribution in [0.2, 0.25) is 0 Å². The molecule has 0 fully saturated rings. The number of hydrogen-bond acceptors (Lipinski definition) is 6. The molecule has 0 aromatic carbocycles. The van der Waals surface area contributed by atoms with Gasteiger partial charge in [-0.05, 0) is 63.9 Å². The van der Waals surface area contributed by atoms with Gasteiger partial charge >= 0.3 is 0 Å². The molecular formula is C22H39FN4OS2. The molecule has 1 aliphatic rings. The number of rotatable bonds is 11. The second-order valence-corrected chi connectivity index (χ2v) is 8.81. The number of allylic oxidation sites excluding steroid dienone is 3. The van der Waals surface area contributed by atoms with Crippen molar-refractivity contribution in [1.29, 1.82) is 0 Å². The molecule has 1 amide bonds. The van der Waals surface area contributed by atoms with Crippen LogP contribution >= 0.6 is 24.4 Å². The minimum absolute atomic E-state index is 0.260. The normalized spacial score (nSPS) is 15.5. The molecule has 0 saturated heterocycles. The number of nitrogens with one attached hydrogen (secondary N) is 2. The van der Waals surface area contributed by atoms with E-state index < -0.39 is 6.17 Å². The summed E-state index contributed by atoms with van der Waals surface area (Å²) in [5.74, 6) is 0.0308. The number of amides is 1. The average Bonchev–Trinajstić information content (AvgIpc) is 2.89. The summed E-state index contributed by atoms with van der Waals surface area (Å²) < 4.78 is 14.2. The standard InChI is InChI=1S/C15H28FN3OS.C7H11NS/c1-6-13(21-7-2)15(20)18-14(11-12(3)4)19(16)10-8-9-17-5;8-6-4-2-1-3-5-7(6)9/h6-7,12,14,17H,2,8-11H2,1,3-5H3,(H,18,20);4-5,9H,1-3,8H2/b13-6-;.